The van der Waals surface area contributed by atoms with E-state index in [9.17, 15) is 4.79 Å². The third kappa shape index (κ3) is 4.12. The Balaban J connectivity index is 1.19. The van der Waals surface area contributed by atoms with Gasteiger partial charge in [-0.1, -0.05) is 18.6 Å². The highest BCUT2D eigenvalue weighted by molar-refractivity contribution is 6.09. The summed E-state index contributed by atoms with van der Waals surface area (Å²) < 4.78 is 2.26. The molecule has 1 spiro atoms. The molecule has 3 saturated heterocycles. The fraction of sp³-hybridized carbons (Fsp3) is 0.618. The molecule has 0 bridgehead atoms. The molecule has 5 aliphatic rings. The summed E-state index contributed by atoms with van der Waals surface area (Å²) in [5.41, 5.74) is 6.18. The van der Waals surface area contributed by atoms with Crippen molar-refractivity contribution < 1.29 is 4.79 Å². The van der Waals surface area contributed by atoms with Gasteiger partial charge in [0.25, 0.3) is 0 Å². The largest absolute Gasteiger partial charge is 0.355 e. The van der Waals surface area contributed by atoms with Gasteiger partial charge >= 0.3 is 0 Å². The molecule has 4 fully saturated rings. The molecular weight excluding hydrogens is 522 g/mol. The van der Waals surface area contributed by atoms with Crippen LogP contribution in [0.3, 0.4) is 0 Å². The number of carbonyl (C=O) groups is 1. The number of pyridine rings is 1. The van der Waals surface area contributed by atoms with E-state index in [2.05, 4.69) is 62.7 Å². The lowest BCUT2D eigenvalue weighted by molar-refractivity contribution is -0.125. The molecule has 8 nitrogen and oxygen atoms in total. The average molecular weight is 568 g/mol. The normalized spacial score (nSPS) is 26.0. The third-order valence-electron chi connectivity index (χ3n) is 11.0. The van der Waals surface area contributed by atoms with Crippen LogP contribution in [0.2, 0.25) is 0 Å². The zero-order valence-corrected chi connectivity index (χ0v) is 25.3. The number of likely N-dealkylation sites (tertiary alicyclic amines) is 1. The van der Waals surface area contributed by atoms with Crippen LogP contribution in [0.15, 0.2) is 30.6 Å². The van der Waals surface area contributed by atoms with Gasteiger partial charge in [0.1, 0.15) is 5.52 Å². The lowest BCUT2D eigenvalue weighted by atomic mass is 9.74. The molecule has 0 unspecified atom stereocenters. The predicted molar refractivity (Wildman–Crippen MR) is 168 cm³/mol. The first-order chi connectivity index (χ1) is 20.5. The highest BCUT2D eigenvalue weighted by atomic mass is 16.2. The van der Waals surface area contributed by atoms with Gasteiger partial charge in [0.15, 0.2) is 5.82 Å². The van der Waals surface area contributed by atoms with Crippen LogP contribution in [-0.4, -0.2) is 76.7 Å². The number of amides is 1. The van der Waals surface area contributed by atoms with Crippen LogP contribution < -0.4 is 15.1 Å². The molecule has 8 heteroatoms. The molecule has 8 rings (SSSR count). The summed E-state index contributed by atoms with van der Waals surface area (Å²) in [7, 11) is 0. The molecule has 1 N–H and O–H groups in total. The van der Waals surface area contributed by atoms with Crippen LogP contribution in [0.5, 0.6) is 0 Å². The Morgan fingerprint density at radius 1 is 0.929 bits per heavy atom. The minimum atomic E-state index is -0.385. The number of benzene rings is 1. The van der Waals surface area contributed by atoms with E-state index in [1.165, 1.54) is 50.8 Å². The number of carbonyl (C=O) groups excluding carboxylic acids is 1. The second-order valence-electron chi connectivity index (χ2n) is 13.8. The van der Waals surface area contributed by atoms with Crippen molar-refractivity contribution in [1.29, 1.82) is 0 Å². The summed E-state index contributed by atoms with van der Waals surface area (Å²) in [6.07, 6.45) is 12.3. The first-order valence-corrected chi connectivity index (χ1v) is 16.6. The molecule has 6 heterocycles. The van der Waals surface area contributed by atoms with Crippen molar-refractivity contribution in [3.63, 3.8) is 0 Å². The maximum atomic E-state index is 14.4. The first kappa shape index (κ1) is 26.6. The number of rotatable bonds is 5. The number of anilines is 2. The molecule has 1 aliphatic carbocycles. The molecule has 3 aromatic rings. The number of hydrogen-bond donors (Lipinski definition) is 1. The number of imidazole rings is 1. The van der Waals surface area contributed by atoms with Gasteiger partial charge in [0.05, 0.1) is 23.0 Å². The van der Waals surface area contributed by atoms with Crippen molar-refractivity contribution in [1.82, 2.24) is 24.8 Å². The molecule has 0 radical (unpaired) electrons. The Bertz CT molecular complexity index is 1490. The second-order valence-corrected chi connectivity index (χ2v) is 13.8. The van der Waals surface area contributed by atoms with Gasteiger partial charge in [-0.25, -0.2) is 9.97 Å². The second kappa shape index (κ2) is 10.3. The topological polar surface area (TPSA) is 69.5 Å². The van der Waals surface area contributed by atoms with Crippen LogP contribution in [0.25, 0.3) is 22.3 Å². The van der Waals surface area contributed by atoms with Crippen LogP contribution >= 0.6 is 0 Å². The van der Waals surface area contributed by atoms with Crippen LogP contribution in [-0.2, 0) is 10.2 Å². The van der Waals surface area contributed by atoms with Gasteiger partial charge in [-0.2, -0.15) is 0 Å². The van der Waals surface area contributed by atoms with E-state index in [1.807, 2.05) is 6.33 Å². The third-order valence-corrected chi connectivity index (χ3v) is 11.0. The summed E-state index contributed by atoms with van der Waals surface area (Å²) in [5, 5.41) is 3.51. The Labute approximate surface area is 249 Å². The van der Waals surface area contributed by atoms with E-state index >= 15 is 0 Å². The molecular formula is C34H45N7O. The number of nitrogens with zero attached hydrogens (tertiary/aromatic N) is 6. The van der Waals surface area contributed by atoms with Crippen molar-refractivity contribution >= 4 is 28.4 Å². The Morgan fingerprint density at radius 2 is 1.67 bits per heavy atom. The van der Waals surface area contributed by atoms with Crippen molar-refractivity contribution in [3.8, 4) is 11.3 Å². The monoisotopic (exact) mass is 567 g/mol. The summed E-state index contributed by atoms with van der Waals surface area (Å²) >= 11 is 0. The standard InChI is InChI=1S/C34H45N7O/c1-23(2)40-22-36-29-21-28(37-32(31(29)40)39-16-6-7-17-39)24-8-9-27-30(18-24)41(33(42)34(27)10-12-35-13-11-34)26-19-25(20-26)38-14-4-3-5-15-38/h8-9,18,21-23,25-26,35H,3-7,10-17,19-20H2,1-2H3. The fourth-order valence-corrected chi connectivity index (χ4v) is 8.53. The molecule has 0 atom stereocenters. The van der Waals surface area contributed by atoms with Gasteiger partial charge in [-0.05, 0) is 109 Å². The van der Waals surface area contributed by atoms with E-state index in [1.54, 1.807) is 0 Å². The van der Waals surface area contributed by atoms with E-state index < -0.39 is 0 Å². The molecule has 2 aromatic heterocycles. The quantitative estimate of drug-likeness (QED) is 0.454. The minimum Gasteiger partial charge on any atom is -0.355 e. The van der Waals surface area contributed by atoms with Crippen LogP contribution in [0, 0.1) is 0 Å². The number of nitrogens with one attached hydrogen (secondary N) is 1. The summed E-state index contributed by atoms with van der Waals surface area (Å²) in [4.78, 5) is 32.0. The van der Waals surface area contributed by atoms with Gasteiger partial charge in [-0.15, -0.1) is 0 Å². The molecule has 42 heavy (non-hydrogen) atoms. The number of hydrogen-bond acceptors (Lipinski definition) is 6. The minimum absolute atomic E-state index is 0.296. The average Bonchev–Trinajstić information content (AvgIpc) is 3.73. The van der Waals surface area contributed by atoms with E-state index in [0.29, 0.717) is 24.0 Å². The molecule has 1 saturated carbocycles. The fourth-order valence-electron chi connectivity index (χ4n) is 8.53. The maximum Gasteiger partial charge on any atom is 0.238 e. The summed E-state index contributed by atoms with van der Waals surface area (Å²) in [6.45, 7) is 10.7. The molecule has 4 aliphatic heterocycles. The predicted octanol–water partition coefficient (Wildman–Crippen LogP) is 5.26. The zero-order valence-electron chi connectivity index (χ0n) is 25.3. The van der Waals surface area contributed by atoms with Crippen LogP contribution in [0.4, 0.5) is 11.5 Å². The Morgan fingerprint density at radius 3 is 2.40 bits per heavy atom. The Kier molecular flexibility index (Phi) is 6.56. The van der Waals surface area contributed by atoms with E-state index in [-0.39, 0.29) is 5.41 Å². The van der Waals surface area contributed by atoms with E-state index in [0.717, 1.165) is 85.7 Å². The SMILES string of the molecule is CC(C)n1cnc2cc(-c3ccc4c(c3)N(C3CC(N5CCCCC5)C3)C(=O)C43CCNCC3)nc(N3CCCC3)c21. The zero-order chi connectivity index (χ0) is 28.4. The maximum absolute atomic E-state index is 14.4. The van der Waals surface area contributed by atoms with Gasteiger partial charge < -0.3 is 24.6 Å². The van der Waals surface area contributed by atoms with Gasteiger partial charge in [0.2, 0.25) is 5.91 Å². The van der Waals surface area contributed by atoms with Gasteiger partial charge in [-0.3, -0.25) is 4.79 Å². The molecule has 1 aromatic carbocycles. The van der Waals surface area contributed by atoms with E-state index in [4.69, 9.17) is 9.97 Å². The summed E-state index contributed by atoms with van der Waals surface area (Å²) in [6, 6.07) is 10.2. The lowest BCUT2D eigenvalue weighted by Crippen LogP contribution is -2.58. The van der Waals surface area contributed by atoms with Crippen LogP contribution in [0.1, 0.15) is 83.2 Å². The van der Waals surface area contributed by atoms with Gasteiger partial charge in [0, 0.05) is 42.5 Å². The van der Waals surface area contributed by atoms with Crippen molar-refractivity contribution in [3.05, 3.63) is 36.2 Å². The lowest BCUT2D eigenvalue weighted by Gasteiger charge is -2.48. The number of aromatic nitrogens is 3. The smallest absolute Gasteiger partial charge is 0.238 e. The summed E-state index contributed by atoms with van der Waals surface area (Å²) in [5.74, 6) is 1.40. The number of piperidine rings is 2. The highest BCUT2D eigenvalue weighted by Crippen LogP contribution is 2.51. The highest BCUT2D eigenvalue weighted by Gasteiger charge is 2.54. The van der Waals surface area contributed by atoms with Crippen molar-refractivity contribution in [2.24, 2.45) is 0 Å². The first-order valence-electron chi connectivity index (χ1n) is 16.6. The number of fused-ring (bicyclic) bond motifs is 3. The van der Waals surface area contributed by atoms with Crippen molar-refractivity contribution in [2.45, 2.75) is 95.2 Å². The molecule has 222 valence electrons. The Hall–Kier alpha value is -2.97. The molecule has 1 amide bonds. The van der Waals surface area contributed by atoms with Crippen molar-refractivity contribution in [2.75, 3.05) is 49.1 Å².